The van der Waals surface area contributed by atoms with E-state index < -0.39 is 41.9 Å². The molecule has 0 radical (unpaired) electrons. The molecule has 1 aromatic carbocycles. The number of amides is 1. The number of nitriles is 1. The van der Waals surface area contributed by atoms with Crippen molar-refractivity contribution in [2.45, 2.75) is 69.9 Å². The van der Waals surface area contributed by atoms with E-state index in [1.54, 1.807) is 13.8 Å². The third kappa shape index (κ3) is 3.85. The number of aromatic hydroxyl groups is 1. The van der Waals surface area contributed by atoms with Crippen molar-refractivity contribution in [2.24, 2.45) is 5.73 Å². The van der Waals surface area contributed by atoms with Gasteiger partial charge in [0, 0.05) is 40.9 Å². The summed E-state index contributed by atoms with van der Waals surface area (Å²) in [6, 6.07) is 1.07. The van der Waals surface area contributed by atoms with Gasteiger partial charge in [0.25, 0.3) is 0 Å². The Bertz CT molecular complexity index is 1420. The van der Waals surface area contributed by atoms with E-state index in [1.807, 2.05) is 24.9 Å². The highest BCUT2D eigenvalue weighted by molar-refractivity contribution is 6.25. The van der Waals surface area contributed by atoms with Gasteiger partial charge in [-0.05, 0) is 51.8 Å². The quantitative estimate of drug-likeness (QED) is 0.448. The molecule has 4 aliphatic rings. The van der Waals surface area contributed by atoms with Crippen molar-refractivity contribution in [3.8, 4) is 17.6 Å². The van der Waals surface area contributed by atoms with Gasteiger partial charge in [0.2, 0.25) is 11.7 Å². The topological polar surface area (TPSA) is 158 Å². The van der Waals surface area contributed by atoms with Crippen molar-refractivity contribution in [1.82, 2.24) is 15.1 Å². The van der Waals surface area contributed by atoms with Gasteiger partial charge >= 0.3 is 0 Å². The molecular formula is C29H35N5O6. The molecule has 0 saturated carbocycles. The van der Waals surface area contributed by atoms with Gasteiger partial charge in [-0.1, -0.05) is 6.07 Å². The Morgan fingerprint density at radius 1 is 1.23 bits per heavy atom. The second kappa shape index (κ2) is 10.0. The lowest BCUT2D eigenvalue weighted by molar-refractivity contribution is -0.125. The number of allylic oxidation sites excluding steroid dienone is 2. The molecule has 11 nitrogen and oxygen atoms in total. The van der Waals surface area contributed by atoms with E-state index >= 15 is 0 Å². The molecule has 1 saturated heterocycles. The van der Waals surface area contributed by atoms with Crippen molar-refractivity contribution in [2.75, 3.05) is 27.8 Å². The average molecular weight is 550 g/mol. The highest BCUT2D eigenvalue weighted by Gasteiger charge is 2.57. The van der Waals surface area contributed by atoms with Crippen LogP contribution >= 0.6 is 0 Å². The fourth-order valence-electron chi connectivity index (χ4n) is 7.17. The average Bonchev–Trinajstić information content (AvgIpc) is 2.91. The van der Waals surface area contributed by atoms with Gasteiger partial charge in [0.15, 0.2) is 23.0 Å². The zero-order chi connectivity index (χ0) is 29.2. The second-order valence-corrected chi connectivity index (χ2v) is 11.1. The third-order valence-electron chi connectivity index (χ3n) is 8.95. The number of piperazine rings is 1. The maximum absolute atomic E-state index is 13.8. The van der Waals surface area contributed by atoms with E-state index in [2.05, 4.69) is 16.3 Å². The molecule has 0 spiro atoms. The Hall–Kier alpha value is -3.72. The maximum atomic E-state index is 13.8. The number of aryl methyl sites for hydroxylation is 1. The number of rotatable bonds is 5. The van der Waals surface area contributed by atoms with E-state index in [0.717, 1.165) is 11.1 Å². The van der Waals surface area contributed by atoms with Crippen LogP contribution in [0.3, 0.4) is 0 Å². The van der Waals surface area contributed by atoms with Crippen molar-refractivity contribution in [3.05, 3.63) is 45.2 Å². The number of ketones is 2. The van der Waals surface area contributed by atoms with Crippen LogP contribution in [-0.2, 0) is 25.5 Å². The molecule has 4 N–H and O–H groups in total. The van der Waals surface area contributed by atoms with Crippen LogP contribution in [0.25, 0.3) is 0 Å². The zero-order valence-electron chi connectivity index (χ0n) is 23.6. The molecule has 1 fully saturated rings. The number of ether oxygens (including phenoxy) is 2. The third-order valence-corrected chi connectivity index (χ3v) is 8.95. The van der Waals surface area contributed by atoms with E-state index in [1.165, 1.54) is 14.2 Å². The molecule has 3 aliphatic heterocycles. The van der Waals surface area contributed by atoms with Crippen LogP contribution in [0.1, 0.15) is 43.0 Å². The number of carbonyl (C=O) groups is 3. The summed E-state index contributed by atoms with van der Waals surface area (Å²) in [6.45, 7) is 4.97. The minimum Gasteiger partial charge on any atom is -0.504 e. The Balaban J connectivity index is 1.72. The summed E-state index contributed by atoms with van der Waals surface area (Å²) in [6.07, 6.45) is 0.670. The predicted molar refractivity (Wildman–Crippen MR) is 144 cm³/mol. The number of methoxy groups -OCH3 is 2. The number of carbonyl (C=O) groups excluding carboxylic acids is 3. The number of phenols is 1. The normalized spacial score (nSPS) is 28.8. The number of phenolic OH excluding ortho intramolecular Hbond substituents is 1. The fourth-order valence-corrected chi connectivity index (χ4v) is 7.17. The highest BCUT2D eigenvalue weighted by atomic mass is 16.5. The first-order chi connectivity index (χ1) is 19.0. The van der Waals surface area contributed by atoms with E-state index in [4.69, 9.17) is 15.2 Å². The lowest BCUT2D eigenvalue weighted by atomic mass is 9.69. The van der Waals surface area contributed by atoms with Gasteiger partial charge in [-0.15, -0.1) is 0 Å². The lowest BCUT2D eigenvalue weighted by Gasteiger charge is -2.60. The summed E-state index contributed by atoms with van der Waals surface area (Å²) in [4.78, 5) is 44.1. The van der Waals surface area contributed by atoms with Crippen LogP contribution in [-0.4, -0.2) is 90.4 Å². The molecule has 11 heteroatoms. The standard InChI is InChI=1S/C29H35N5O6/c1-12-7-15-8-17-19(10-30)34-18(23(33(17)4)21(15)25(36)27(12)39-5)9-16-22(20(34)11-32-29(38)14(3)31)26(37)28(40-6)13(2)24(16)35/h7,14,17-20,23,36H,8-9,11,31H2,1-6H3,(H,32,38)/t14-,17-,18-,19-,20?,23-/m0/s1. The van der Waals surface area contributed by atoms with Gasteiger partial charge in [0.1, 0.15) is 6.04 Å². The Kier molecular flexibility index (Phi) is 6.98. The van der Waals surface area contributed by atoms with Gasteiger partial charge in [0.05, 0.1) is 38.4 Å². The molecule has 1 aliphatic carbocycles. The Labute approximate surface area is 233 Å². The number of hydrogen-bond donors (Lipinski definition) is 3. The second-order valence-electron chi connectivity index (χ2n) is 11.1. The maximum Gasteiger partial charge on any atom is 0.236 e. The molecule has 6 atom stereocenters. The molecular weight excluding hydrogens is 514 g/mol. The van der Waals surface area contributed by atoms with Crippen LogP contribution < -0.4 is 15.8 Å². The van der Waals surface area contributed by atoms with E-state index in [9.17, 15) is 24.8 Å². The zero-order valence-corrected chi connectivity index (χ0v) is 23.6. The van der Waals surface area contributed by atoms with E-state index in [0.29, 0.717) is 23.3 Å². The molecule has 1 amide bonds. The highest BCUT2D eigenvalue weighted by Crippen LogP contribution is 2.53. The number of hydrogen-bond acceptors (Lipinski definition) is 10. The number of nitrogens with one attached hydrogen (secondary N) is 1. The molecule has 3 heterocycles. The number of Topliss-reactive ketones (excluding diaryl/α,β-unsaturated/α-hetero) is 2. The van der Waals surface area contributed by atoms with Gasteiger partial charge in [-0.3, -0.25) is 24.2 Å². The lowest BCUT2D eigenvalue weighted by Crippen LogP contribution is -2.71. The fraction of sp³-hybridized carbons (Fsp3) is 0.517. The Morgan fingerprint density at radius 3 is 2.52 bits per heavy atom. The summed E-state index contributed by atoms with van der Waals surface area (Å²) in [7, 11) is 4.78. The molecule has 2 bridgehead atoms. The van der Waals surface area contributed by atoms with Crippen LogP contribution in [0.5, 0.6) is 11.5 Å². The summed E-state index contributed by atoms with van der Waals surface area (Å²) < 4.78 is 10.9. The van der Waals surface area contributed by atoms with Crippen molar-refractivity contribution in [1.29, 1.82) is 5.26 Å². The summed E-state index contributed by atoms with van der Waals surface area (Å²) >= 11 is 0. The smallest absolute Gasteiger partial charge is 0.236 e. The van der Waals surface area contributed by atoms with Crippen molar-refractivity contribution >= 4 is 17.5 Å². The number of likely N-dealkylation sites (N-methyl/N-ethyl adjacent to an activating group) is 1. The van der Waals surface area contributed by atoms with Gasteiger partial charge in [-0.2, -0.15) is 5.26 Å². The Morgan fingerprint density at radius 2 is 1.93 bits per heavy atom. The first-order valence-corrected chi connectivity index (χ1v) is 13.4. The largest absolute Gasteiger partial charge is 0.504 e. The van der Waals surface area contributed by atoms with E-state index in [-0.39, 0.29) is 47.4 Å². The van der Waals surface area contributed by atoms with Crippen LogP contribution in [0.2, 0.25) is 0 Å². The van der Waals surface area contributed by atoms with Crippen LogP contribution in [0, 0.1) is 18.3 Å². The number of nitrogens with two attached hydrogens (primary N) is 1. The van der Waals surface area contributed by atoms with Gasteiger partial charge < -0.3 is 25.6 Å². The first kappa shape index (κ1) is 27.8. The monoisotopic (exact) mass is 549 g/mol. The molecule has 1 aromatic rings. The number of fused-ring (bicyclic) bond motifs is 6. The first-order valence-electron chi connectivity index (χ1n) is 13.4. The molecule has 40 heavy (non-hydrogen) atoms. The molecule has 1 unspecified atom stereocenters. The van der Waals surface area contributed by atoms with Crippen LogP contribution in [0.4, 0.5) is 0 Å². The summed E-state index contributed by atoms with van der Waals surface area (Å²) in [5.74, 6) is -0.749. The summed E-state index contributed by atoms with van der Waals surface area (Å²) in [5, 5.41) is 24.8. The minimum atomic E-state index is -0.787. The molecule has 5 rings (SSSR count). The SMILES string of the molecule is COC1=C(C)C(=O)C2=C(C1=O)C(CNC(=O)[C@H](C)N)N1[C@@H](C#N)[C@@H]3Cc4cc(C)c(OC)c(O)c4[C@H]([C@@H]1C2)N3C. The van der Waals surface area contributed by atoms with Crippen molar-refractivity contribution < 1.29 is 29.0 Å². The number of nitrogens with zero attached hydrogens (tertiary/aromatic N) is 3. The van der Waals surface area contributed by atoms with Crippen molar-refractivity contribution in [3.63, 3.8) is 0 Å². The minimum absolute atomic E-state index is 0.0256. The number of benzene rings is 1. The molecule has 0 aromatic heterocycles. The summed E-state index contributed by atoms with van der Waals surface area (Å²) in [5.41, 5.74) is 9.01. The van der Waals surface area contributed by atoms with Crippen LogP contribution in [0.15, 0.2) is 28.5 Å². The molecule has 212 valence electrons. The predicted octanol–water partition coefficient (Wildman–Crippen LogP) is 0.788. The van der Waals surface area contributed by atoms with Gasteiger partial charge in [-0.25, -0.2) is 0 Å².